The highest BCUT2D eigenvalue weighted by Crippen LogP contribution is 2.39. The van der Waals surface area contributed by atoms with Crippen LogP contribution in [0.1, 0.15) is 24.6 Å². The number of hydrogen-bond acceptors (Lipinski definition) is 4. The molecule has 3 rings (SSSR count). The second-order valence-electron chi connectivity index (χ2n) is 3.74. The SMILES string of the molecule is Oc1ccc(-n2nnnc2C2CC2)cc1. The molecule has 1 aromatic heterocycles. The summed E-state index contributed by atoms with van der Waals surface area (Å²) in [6, 6.07) is 6.87. The summed E-state index contributed by atoms with van der Waals surface area (Å²) in [5.74, 6) is 1.68. The summed E-state index contributed by atoms with van der Waals surface area (Å²) >= 11 is 0. The Labute approximate surface area is 86.4 Å². The lowest BCUT2D eigenvalue weighted by Crippen LogP contribution is -2.01. The van der Waals surface area contributed by atoms with E-state index in [2.05, 4.69) is 15.5 Å². The van der Waals surface area contributed by atoms with Crippen molar-refractivity contribution < 1.29 is 5.11 Å². The summed E-state index contributed by atoms with van der Waals surface area (Å²) < 4.78 is 1.73. The summed E-state index contributed by atoms with van der Waals surface area (Å²) in [6.07, 6.45) is 2.33. The predicted octanol–water partition coefficient (Wildman–Crippen LogP) is 1.25. The van der Waals surface area contributed by atoms with E-state index >= 15 is 0 Å². The first-order valence-corrected chi connectivity index (χ1v) is 4.92. The number of hydrogen-bond donors (Lipinski definition) is 1. The van der Waals surface area contributed by atoms with Crippen molar-refractivity contribution >= 4 is 0 Å². The van der Waals surface area contributed by atoms with Crippen molar-refractivity contribution in [3.63, 3.8) is 0 Å². The third kappa shape index (κ3) is 1.45. The molecule has 76 valence electrons. The molecule has 0 unspecified atom stereocenters. The zero-order valence-corrected chi connectivity index (χ0v) is 8.04. The van der Waals surface area contributed by atoms with Gasteiger partial charge in [-0.3, -0.25) is 0 Å². The molecule has 15 heavy (non-hydrogen) atoms. The third-order valence-corrected chi connectivity index (χ3v) is 2.53. The average molecular weight is 202 g/mol. The number of benzene rings is 1. The molecule has 1 aromatic carbocycles. The highest BCUT2D eigenvalue weighted by atomic mass is 16.3. The minimum atomic E-state index is 0.250. The lowest BCUT2D eigenvalue weighted by atomic mass is 10.3. The van der Waals surface area contributed by atoms with Gasteiger partial charge in [0.2, 0.25) is 0 Å². The van der Waals surface area contributed by atoms with Crippen LogP contribution in [0.2, 0.25) is 0 Å². The van der Waals surface area contributed by atoms with Gasteiger partial charge in [0.05, 0.1) is 5.69 Å². The highest BCUT2D eigenvalue weighted by Gasteiger charge is 2.29. The molecule has 1 fully saturated rings. The van der Waals surface area contributed by atoms with Crippen molar-refractivity contribution in [3.8, 4) is 11.4 Å². The summed E-state index contributed by atoms with van der Waals surface area (Å²) in [5.41, 5.74) is 0.889. The van der Waals surface area contributed by atoms with Crippen LogP contribution in [-0.2, 0) is 0 Å². The van der Waals surface area contributed by atoms with E-state index in [0.717, 1.165) is 11.5 Å². The monoisotopic (exact) mass is 202 g/mol. The van der Waals surface area contributed by atoms with E-state index < -0.39 is 0 Å². The van der Waals surface area contributed by atoms with Crippen LogP contribution < -0.4 is 0 Å². The molecule has 0 radical (unpaired) electrons. The van der Waals surface area contributed by atoms with Gasteiger partial charge in [-0.05, 0) is 47.5 Å². The largest absolute Gasteiger partial charge is 0.508 e. The van der Waals surface area contributed by atoms with E-state index in [1.165, 1.54) is 12.8 Å². The topological polar surface area (TPSA) is 63.8 Å². The van der Waals surface area contributed by atoms with E-state index in [1.807, 2.05) is 0 Å². The van der Waals surface area contributed by atoms with Gasteiger partial charge in [-0.2, -0.15) is 4.68 Å². The molecule has 1 N–H and O–H groups in total. The first-order chi connectivity index (χ1) is 7.34. The number of tetrazole rings is 1. The quantitative estimate of drug-likeness (QED) is 0.795. The lowest BCUT2D eigenvalue weighted by Gasteiger charge is -2.02. The van der Waals surface area contributed by atoms with Crippen LogP contribution in [-0.4, -0.2) is 25.3 Å². The molecule has 0 aliphatic heterocycles. The smallest absolute Gasteiger partial charge is 0.159 e. The molecule has 0 atom stereocenters. The molecular formula is C10H10N4O. The zero-order valence-electron chi connectivity index (χ0n) is 8.04. The molecule has 1 saturated carbocycles. The van der Waals surface area contributed by atoms with Crippen molar-refractivity contribution in [2.24, 2.45) is 0 Å². The molecule has 0 amide bonds. The van der Waals surface area contributed by atoms with Gasteiger partial charge in [0, 0.05) is 5.92 Å². The van der Waals surface area contributed by atoms with Crippen LogP contribution in [0.5, 0.6) is 5.75 Å². The maximum atomic E-state index is 9.18. The second kappa shape index (κ2) is 3.05. The summed E-state index contributed by atoms with van der Waals surface area (Å²) in [5, 5.41) is 20.8. The van der Waals surface area contributed by atoms with Gasteiger partial charge in [0.15, 0.2) is 5.82 Å². The first-order valence-electron chi connectivity index (χ1n) is 4.92. The molecule has 1 aliphatic rings. The van der Waals surface area contributed by atoms with Crippen LogP contribution in [0.4, 0.5) is 0 Å². The van der Waals surface area contributed by atoms with Gasteiger partial charge in [-0.25, -0.2) is 0 Å². The minimum absolute atomic E-state index is 0.250. The van der Waals surface area contributed by atoms with Crippen molar-refractivity contribution in [2.75, 3.05) is 0 Å². The number of phenols is 1. The molecule has 2 aromatic rings. The summed E-state index contributed by atoms with van der Waals surface area (Å²) in [4.78, 5) is 0. The van der Waals surface area contributed by atoms with Crippen LogP contribution in [0.25, 0.3) is 5.69 Å². The number of aromatic hydroxyl groups is 1. The number of nitrogens with zero attached hydrogens (tertiary/aromatic N) is 4. The van der Waals surface area contributed by atoms with Crippen LogP contribution in [0, 0.1) is 0 Å². The predicted molar refractivity (Wildman–Crippen MR) is 52.8 cm³/mol. The zero-order chi connectivity index (χ0) is 10.3. The van der Waals surface area contributed by atoms with Crippen molar-refractivity contribution in [1.29, 1.82) is 0 Å². The minimum Gasteiger partial charge on any atom is -0.508 e. The standard InChI is InChI=1S/C10H10N4O/c15-9-5-3-8(4-6-9)14-10(7-1-2-7)11-12-13-14/h3-7,15H,1-2H2. The molecule has 0 spiro atoms. The maximum absolute atomic E-state index is 9.18. The van der Waals surface area contributed by atoms with Crippen LogP contribution in [0.3, 0.4) is 0 Å². The Hall–Kier alpha value is -1.91. The fourth-order valence-electron chi connectivity index (χ4n) is 1.57. The molecule has 5 nitrogen and oxygen atoms in total. The van der Waals surface area contributed by atoms with Gasteiger partial charge >= 0.3 is 0 Å². The normalized spacial score (nSPS) is 15.5. The maximum Gasteiger partial charge on any atom is 0.159 e. The number of rotatable bonds is 2. The van der Waals surface area contributed by atoms with Crippen molar-refractivity contribution in [1.82, 2.24) is 20.2 Å². The fraction of sp³-hybridized carbons (Fsp3) is 0.300. The number of phenolic OH excluding ortho intramolecular Hbond substituents is 1. The first kappa shape index (κ1) is 8.40. The average Bonchev–Trinajstić information content (AvgIpc) is 2.98. The van der Waals surface area contributed by atoms with Crippen molar-refractivity contribution in [3.05, 3.63) is 30.1 Å². The Morgan fingerprint density at radius 1 is 1.20 bits per heavy atom. The molecule has 1 heterocycles. The Balaban J connectivity index is 2.04. The Kier molecular flexibility index (Phi) is 1.71. The molecule has 1 aliphatic carbocycles. The molecule has 0 saturated heterocycles. The van der Waals surface area contributed by atoms with Crippen molar-refractivity contribution in [2.45, 2.75) is 18.8 Å². The van der Waals surface area contributed by atoms with E-state index in [0.29, 0.717) is 5.92 Å². The Morgan fingerprint density at radius 3 is 2.60 bits per heavy atom. The van der Waals surface area contributed by atoms with Gasteiger partial charge in [0.25, 0.3) is 0 Å². The van der Waals surface area contributed by atoms with Gasteiger partial charge in [0.1, 0.15) is 5.75 Å². The van der Waals surface area contributed by atoms with Crippen LogP contribution in [0.15, 0.2) is 24.3 Å². The molecule has 0 bridgehead atoms. The van der Waals surface area contributed by atoms with E-state index in [1.54, 1.807) is 28.9 Å². The highest BCUT2D eigenvalue weighted by molar-refractivity contribution is 5.36. The van der Waals surface area contributed by atoms with Crippen LogP contribution >= 0.6 is 0 Å². The van der Waals surface area contributed by atoms with Gasteiger partial charge in [-0.1, -0.05) is 0 Å². The molecular weight excluding hydrogens is 192 g/mol. The van der Waals surface area contributed by atoms with E-state index in [-0.39, 0.29) is 5.75 Å². The summed E-state index contributed by atoms with van der Waals surface area (Å²) in [7, 11) is 0. The Morgan fingerprint density at radius 2 is 1.93 bits per heavy atom. The van der Waals surface area contributed by atoms with E-state index in [4.69, 9.17) is 0 Å². The fourth-order valence-corrected chi connectivity index (χ4v) is 1.57. The summed E-state index contributed by atoms with van der Waals surface area (Å²) in [6.45, 7) is 0. The molecule has 5 heteroatoms. The second-order valence-corrected chi connectivity index (χ2v) is 3.74. The van der Waals surface area contributed by atoms with Gasteiger partial charge < -0.3 is 5.11 Å². The van der Waals surface area contributed by atoms with Gasteiger partial charge in [-0.15, -0.1) is 5.10 Å². The third-order valence-electron chi connectivity index (χ3n) is 2.53. The number of aromatic nitrogens is 4. The van der Waals surface area contributed by atoms with E-state index in [9.17, 15) is 5.11 Å². The Bertz CT molecular complexity index is 472. The lowest BCUT2D eigenvalue weighted by molar-refractivity contribution is 0.475.